The Kier molecular flexibility index (Phi) is 5.81. The number of hydrogen-bond acceptors (Lipinski definition) is 6. The van der Waals surface area contributed by atoms with Gasteiger partial charge in [0, 0.05) is 11.5 Å². The fourth-order valence-electron chi connectivity index (χ4n) is 1.90. The minimum absolute atomic E-state index is 0.316. The van der Waals surface area contributed by atoms with Crippen molar-refractivity contribution in [3.05, 3.63) is 45.9 Å². The summed E-state index contributed by atoms with van der Waals surface area (Å²) in [6, 6.07) is 9.65. The molecule has 0 radical (unpaired) electrons. The van der Waals surface area contributed by atoms with Gasteiger partial charge in [-0.3, -0.25) is 0 Å². The molecule has 1 heterocycles. The molecule has 1 aromatic heterocycles. The molecule has 2 aromatic rings. The van der Waals surface area contributed by atoms with Crippen molar-refractivity contribution in [2.24, 2.45) is 21.4 Å². The van der Waals surface area contributed by atoms with E-state index in [-0.39, 0.29) is 0 Å². The molecular weight excluding hydrogens is 326 g/mol. The molecule has 3 N–H and O–H groups in total. The predicted molar refractivity (Wildman–Crippen MR) is 92.6 cm³/mol. The van der Waals surface area contributed by atoms with Crippen LogP contribution >= 0.6 is 11.8 Å². The number of rotatable bonds is 5. The van der Waals surface area contributed by atoms with Crippen molar-refractivity contribution in [1.82, 2.24) is 9.97 Å². The highest BCUT2D eigenvalue weighted by Gasteiger charge is 2.14. The fourth-order valence-corrected chi connectivity index (χ4v) is 2.74. The van der Waals surface area contributed by atoms with E-state index < -0.39 is 5.69 Å². The largest absolute Gasteiger partial charge is 0.346 e. The van der Waals surface area contributed by atoms with Gasteiger partial charge in [-0.2, -0.15) is 10.2 Å². The second-order valence-electron chi connectivity index (χ2n) is 4.90. The average molecular weight is 341 g/mol. The van der Waals surface area contributed by atoms with Gasteiger partial charge in [-0.05, 0) is 24.6 Å². The third-order valence-electron chi connectivity index (χ3n) is 3.04. The lowest BCUT2D eigenvalue weighted by Crippen LogP contribution is -2.15. The molecule has 0 aliphatic heterocycles. The standard InChI is InChI=1S/C15H15N7OS/c1-9-3-5-11(6-4-9)13-12(7-16)14(19-15(23)18-13)24-8-10(2)20-22-21-17/h3-6H,8H2,1-2H3,(H2,17,22)(H,18,19,23)/b20-10+. The molecule has 0 bridgehead atoms. The van der Waals surface area contributed by atoms with Crippen molar-refractivity contribution in [2.45, 2.75) is 18.9 Å². The fraction of sp³-hybridized carbons (Fsp3) is 0.200. The number of H-pyrrole nitrogens is 1. The molecule has 2 rings (SSSR count). The number of aromatic amines is 1. The van der Waals surface area contributed by atoms with Gasteiger partial charge in [-0.15, -0.1) is 5.10 Å². The normalized spacial score (nSPS) is 11.6. The predicted octanol–water partition coefficient (Wildman–Crippen LogP) is 2.41. The Bertz CT molecular complexity index is 878. The Labute approximate surface area is 142 Å². The van der Waals surface area contributed by atoms with Gasteiger partial charge in [-0.1, -0.05) is 46.8 Å². The van der Waals surface area contributed by atoms with E-state index in [0.717, 1.165) is 11.1 Å². The number of benzene rings is 1. The quantitative estimate of drug-likeness (QED) is 0.215. The van der Waals surface area contributed by atoms with Crippen LogP contribution in [0, 0.1) is 18.3 Å². The van der Waals surface area contributed by atoms with E-state index >= 15 is 0 Å². The van der Waals surface area contributed by atoms with Gasteiger partial charge in [0.2, 0.25) is 0 Å². The van der Waals surface area contributed by atoms with E-state index in [9.17, 15) is 10.1 Å². The zero-order valence-corrected chi connectivity index (χ0v) is 14.0. The molecule has 0 unspecified atom stereocenters. The Hall–Kier alpha value is -2.99. The topological polar surface area (TPSA) is 133 Å². The number of aromatic nitrogens is 2. The van der Waals surface area contributed by atoms with Gasteiger partial charge in [0.15, 0.2) is 0 Å². The SMILES string of the molecule is C/C(CSc1nc(=O)[nH]c(-c2ccc(C)cc2)c1C#N)=N\N=N/N. The van der Waals surface area contributed by atoms with Crippen LogP contribution in [0.25, 0.3) is 11.3 Å². The highest BCUT2D eigenvalue weighted by atomic mass is 32.2. The van der Waals surface area contributed by atoms with E-state index in [1.807, 2.05) is 31.2 Å². The van der Waals surface area contributed by atoms with Crippen LogP contribution in [0.2, 0.25) is 0 Å². The minimum atomic E-state index is -0.511. The zero-order valence-electron chi connectivity index (χ0n) is 13.1. The second-order valence-corrected chi connectivity index (χ2v) is 5.87. The third-order valence-corrected chi connectivity index (χ3v) is 4.17. The van der Waals surface area contributed by atoms with Crippen LogP contribution in [0.1, 0.15) is 18.1 Å². The van der Waals surface area contributed by atoms with Crippen molar-refractivity contribution < 1.29 is 0 Å². The van der Waals surface area contributed by atoms with Gasteiger partial charge in [-0.25, -0.2) is 4.79 Å². The summed E-state index contributed by atoms with van der Waals surface area (Å²) in [4.78, 5) is 18.4. The molecule has 8 nitrogen and oxygen atoms in total. The molecule has 0 spiro atoms. The molecule has 0 saturated carbocycles. The van der Waals surface area contributed by atoms with Gasteiger partial charge in [0.05, 0.1) is 5.69 Å². The van der Waals surface area contributed by atoms with Crippen LogP contribution in [0.15, 0.2) is 49.6 Å². The van der Waals surface area contributed by atoms with Crippen LogP contribution in [0.3, 0.4) is 0 Å². The summed E-state index contributed by atoms with van der Waals surface area (Å²) in [5, 5.41) is 20.0. The highest BCUT2D eigenvalue weighted by Crippen LogP contribution is 2.27. The maximum atomic E-state index is 11.9. The van der Waals surface area contributed by atoms with Gasteiger partial charge < -0.3 is 10.8 Å². The number of nitrogens with zero attached hydrogens (tertiary/aromatic N) is 5. The number of hydrogen-bond donors (Lipinski definition) is 2. The van der Waals surface area contributed by atoms with Gasteiger partial charge in [0.1, 0.15) is 16.7 Å². The molecular formula is C15H15N7OS. The summed E-state index contributed by atoms with van der Waals surface area (Å²) in [5.74, 6) is 5.29. The number of nitriles is 1. The summed E-state index contributed by atoms with van der Waals surface area (Å²) < 4.78 is 0. The molecule has 0 fully saturated rings. The highest BCUT2D eigenvalue weighted by molar-refractivity contribution is 8.00. The Morgan fingerprint density at radius 2 is 2.12 bits per heavy atom. The number of nitrogens with one attached hydrogen (secondary N) is 1. The second kappa shape index (κ2) is 8.03. The molecule has 0 amide bonds. The van der Waals surface area contributed by atoms with Gasteiger partial charge in [0.25, 0.3) is 0 Å². The molecule has 24 heavy (non-hydrogen) atoms. The van der Waals surface area contributed by atoms with E-state index in [1.54, 1.807) is 6.92 Å². The lowest BCUT2D eigenvalue weighted by molar-refractivity contribution is 0.953. The first-order chi connectivity index (χ1) is 11.5. The van der Waals surface area contributed by atoms with Crippen molar-refractivity contribution >= 4 is 17.5 Å². The molecule has 0 atom stereocenters. The molecule has 0 aliphatic rings. The third kappa shape index (κ3) is 4.27. The first-order valence-electron chi connectivity index (χ1n) is 6.92. The summed E-state index contributed by atoms with van der Waals surface area (Å²) in [5.41, 5.74) is 2.73. The van der Waals surface area contributed by atoms with E-state index in [2.05, 4.69) is 31.6 Å². The maximum Gasteiger partial charge on any atom is 0.346 e. The van der Waals surface area contributed by atoms with Crippen molar-refractivity contribution in [3.8, 4) is 17.3 Å². The molecule has 9 heteroatoms. The lowest BCUT2D eigenvalue weighted by Gasteiger charge is -2.08. The van der Waals surface area contributed by atoms with Crippen LogP contribution in [0.5, 0.6) is 0 Å². The Balaban J connectivity index is 2.41. The number of thioether (sulfide) groups is 1. The van der Waals surface area contributed by atoms with Crippen LogP contribution in [-0.4, -0.2) is 21.4 Å². The number of aryl methyl sites for hydroxylation is 1. The van der Waals surface area contributed by atoms with Gasteiger partial charge >= 0.3 is 5.69 Å². The Morgan fingerprint density at radius 1 is 1.42 bits per heavy atom. The van der Waals surface area contributed by atoms with Crippen LogP contribution in [0.4, 0.5) is 0 Å². The molecule has 1 aromatic carbocycles. The molecule has 122 valence electrons. The summed E-state index contributed by atoms with van der Waals surface area (Å²) >= 11 is 1.23. The van der Waals surface area contributed by atoms with E-state index in [4.69, 9.17) is 5.84 Å². The van der Waals surface area contributed by atoms with E-state index in [1.165, 1.54) is 11.8 Å². The Morgan fingerprint density at radius 3 is 2.75 bits per heavy atom. The summed E-state index contributed by atoms with van der Waals surface area (Å²) in [6.45, 7) is 3.70. The van der Waals surface area contributed by atoms with Crippen molar-refractivity contribution in [1.29, 1.82) is 5.26 Å². The van der Waals surface area contributed by atoms with Crippen molar-refractivity contribution in [3.63, 3.8) is 0 Å². The number of nitrogens with two attached hydrogens (primary N) is 1. The average Bonchev–Trinajstić information content (AvgIpc) is 2.58. The van der Waals surface area contributed by atoms with E-state index in [0.29, 0.717) is 27.7 Å². The first-order valence-corrected chi connectivity index (χ1v) is 7.91. The minimum Gasteiger partial charge on any atom is -0.304 e. The summed E-state index contributed by atoms with van der Waals surface area (Å²) in [6.07, 6.45) is 0. The first kappa shape index (κ1) is 17.4. The zero-order chi connectivity index (χ0) is 17.5. The van der Waals surface area contributed by atoms with Crippen molar-refractivity contribution in [2.75, 3.05) is 5.75 Å². The van der Waals surface area contributed by atoms with Crippen LogP contribution in [-0.2, 0) is 0 Å². The lowest BCUT2D eigenvalue weighted by atomic mass is 10.1. The smallest absolute Gasteiger partial charge is 0.304 e. The monoisotopic (exact) mass is 341 g/mol. The van der Waals surface area contributed by atoms with Crippen LogP contribution < -0.4 is 11.5 Å². The summed E-state index contributed by atoms with van der Waals surface area (Å²) in [7, 11) is 0. The molecule has 0 saturated heterocycles. The maximum absolute atomic E-state index is 11.9. The molecule has 0 aliphatic carbocycles.